The highest BCUT2D eigenvalue weighted by molar-refractivity contribution is 5.92. The van der Waals surface area contributed by atoms with Crippen molar-refractivity contribution in [3.05, 3.63) is 24.3 Å². The molecule has 0 aliphatic rings. The molecule has 0 radical (unpaired) electrons. The normalized spacial score (nSPS) is 12.3. The van der Waals surface area contributed by atoms with Crippen LogP contribution in [0.1, 0.15) is 26.7 Å². The number of nitrogens with two attached hydrogens (primary N) is 1. The third-order valence-electron chi connectivity index (χ3n) is 3.20. The summed E-state index contributed by atoms with van der Waals surface area (Å²) in [5.74, 6) is 1.03. The molecule has 5 heteroatoms. The molecule has 0 aliphatic carbocycles. The first kappa shape index (κ1) is 15.3. The first-order valence-corrected chi connectivity index (χ1v) is 6.46. The fraction of sp³-hybridized carbons (Fsp3) is 0.500. The van der Waals surface area contributed by atoms with Gasteiger partial charge in [0, 0.05) is 11.8 Å². The molecule has 0 saturated heterocycles. The molecule has 0 aromatic heterocycles. The van der Waals surface area contributed by atoms with Crippen molar-refractivity contribution in [2.45, 2.75) is 32.3 Å². The van der Waals surface area contributed by atoms with E-state index in [9.17, 15) is 5.11 Å². The predicted octanol–water partition coefficient (Wildman–Crippen LogP) is 1.97. The lowest BCUT2D eigenvalue weighted by atomic mass is 9.98. The van der Waals surface area contributed by atoms with E-state index in [1.165, 1.54) is 0 Å². The molecule has 0 atom stereocenters. The molecule has 1 aromatic carbocycles. The van der Waals surface area contributed by atoms with Gasteiger partial charge < -0.3 is 20.9 Å². The summed E-state index contributed by atoms with van der Waals surface area (Å²) in [5.41, 5.74) is 5.83. The van der Waals surface area contributed by atoms with Gasteiger partial charge in [-0.15, -0.1) is 0 Å². The fourth-order valence-corrected chi connectivity index (χ4v) is 1.59. The topological polar surface area (TPSA) is 79.9 Å². The Balaban J connectivity index is 2.65. The average Bonchev–Trinajstić information content (AvgIpc) is 2.45. The number of nitrogens with zero attached hydrogens (tertiary/aromatic N) is 1. The number of hydrogen-bond donors (Lipinski definition) is 3. The number of hydrogen-bond acceptors (Lipinski definition) is 3. The van der Waals surface area contributed by atoms with Gasteiger partial charge in [-0.3, -0.25) is 4.99 Å². The lowest BCUT2D eigenvalue weighted by Gasteiger charge is -2.22. The van der Waals surface area contributed by atoms with Crippen LogP contribution in [0.3, 0.4) is 0 Å². The molecule has 5 nitrogen and oxygen atoms in total. The summed E-state index contributed by atoms with van der Waals surface area (Å²) in [4.78, 5) is 4.18. The van der Waals surface area contributed by atoms with Crippen LogP contribution in [0, 0.1) is 0 Å². The Morgan fingerprint density at radius 1 is 1.42 bits per heavy atom. The minimum absolute atomic E-state index is 0.286. The van der Waals surface area contributed by atoms with Crippen LogP contribution in [0.15, 0.2) is 29.3 Å². The number of rotatable bonds is 6. The molecule has 1 aromatic rings. The van der Waals surface area contributed by atoms with Crippen LogP contribution in [-0.4, -0.2) is 30.3 Å². The van der Waals surface area contributed by atoms with Gasteiger partial charge in [0.05, 0.1) is 19.3 Å². The van der Waals surface area contributed by atoms with Crippen LogP contribution in [0.4, 0.5) is 5.69 Å². The molecule has 0 bridgehead atoms. The smallest absolute Gasteiger partial charge is 0.193 e. The predicted molar refractivity (Wildman–Crippen MR) is 78.6 cm³/mol. The summed E-state index contributed by atoms with van der Waals surface area (Å²) >= 11 is 0. The Morgan fingerprint density at radius 3 is 2.68 bits per heavy atom. The number of aliphatic hydroxyl groups is 1. The van der Waals surface area contributed by atoms with Gasteiger partial charge >= 0.3 is 0 Å². The second kappa shape index (κ2) is 6.99. The van der Waals surface area contributed by atoms with Crippen LogP contribution in [0.25, 0.3) is 0 Å². The Bertz CT molecular complexity index is 428. The molecule has 0 amide bonds. The molecular weight excluding hydrogens is 242 g/mol. The van der Waals surface area contributed by atoms with Gasteiger partial charge in [-0.2, -0.15) is 0 Å². The van der Waals surface area contributed by atoms with E-state index in [2.05, 4.69) is 10.3 Å². The Morgan fingerprint density at radius 2 is 2.11 bits per heavy atom. The van der Waals surface area contributed by atoms with E-state index in [0.29, 0.717) is 19.4 Å². The molecule has 106 valence electrons. The van der Waals surface area contributed by atoms with Crippen molar-refractivity contribution in [1.82, 2.24) is 0 Å². The monoisotopic (exact) mass is 265 g/mol. The third-order valence-corrected chi connectivity index (χ3v) is 3.20. The average molecular weight is 265 g/mol. The van der Waals surface area contributed by atoms with Gasteiger partial charge in [0.1, 0.15) is 5.75 Å². The van der Waals surface area contributed by atoms with Gasteiger partial charge in [-0.1, -0.05) is 19.9 Å². The van der Waals surface area contributed by atoms with Crippen molar-refractivity contribution in [2.24, 2.45) is 10.7 Å². The number of benzene rings is 1. The minimum atomic E-state index is -0.777. The maximum atomic E-state index is 10.1. The number of nitrogens with one attached hydrogen (secondary N) is 1. The van der Waals surface area contributed by atoms with E-state index in [0.717, 1.165) is 11.4 Å². The maximum Gasteiger partial charge on any atom is 0.193 e. The van der Waals surface area contributed by atoms with Crippen LogP contribution in [0.2, 0.25) is 0 Å². The first-order valence-electron chi connectivity index (χ1n) is 6.46. The van der Waals surface area contributed by atoms with Gasteiger partial charge in [0.25, 0.3) is 0 Å². The second-order valence-corrected chi connectivity index (χ2v) is 4.49. The first-order chi connectivity index (χ1) is 9.03. The van der Waals surface area contributed by atoms with Crippen LogP contribution in [0.5, 0.6) is 5.75 Å². The third kappa shape index (κ3) is 4.79. The number of guanidine groups is 1. The van der Waals surface area contributed by atoms with Gasteiger partial charge in [-0.05, 0) is 25.0 Å². The molecule has 0 unspecified atom stereocenters. The van der Waals surface area contributed by atoms with E-state index in [-0.39, 0.29) is 5.96 Å². The number of methoxy groups -OCH3 is 1. The lowest BCUT2D eigenvalue weighted by Crippen LogP contribution is -2.33. The molecule has 0 aliphatic heterocycles. The molecule has 0 fully saturated rings. The summed E-state index contributed by atoms with van der Waals surface area (Å²) in [6, 6.07) is 7.42. The lowest BCUT2D eigenvalue weighted by molar-refractivity contribution is 0.0419. The summed E-state index contributed by atoms with van der Waals surface area (Å²) < 4.78 is 5.12. The molecule has 1 rings (SSSR count). The minimum Gasteiger partial charge on any atom is -0.497 e. The Labute approximate surface area is 114 Å². The molecule has 0 saturated carbocycles. The highest BCUT2D eigenvalue weighted by Crippen LogP contribution is 2.17. The van der Waals surface area contributed by atoms with E-state index in [1.807, 2.05) is 38.1 Å². The zero-order valence-corrected chi connectivity index (χ0v) is 11.8. The largest absolute Gasteiger partial charge is 0.497 e. The van der Waals surface area contributed by atoms with Crippen molar-refractivity contribution in [3.8, 4) is 5.75 Å². The van der Waals surface area contributed by atoms with Crippen LogP contribution in [-0.2, 0) is 0 Å². The SMILES string of the molecule is CCC(O)(CC)CN=C(N)Nc1cccc(OC)c1. The standard InChI is InChI=1S/C14H23N3O2/c1-4-14(18,5-2)10-16-13(15)17-11-7-6-8-12(9-11)19-3/h6-9,18H,4-5,10H2,1-3H3,(H3,15,16,17). The molecular formula is C14H23N3O2. The molecule has 4 N–H and O–H groups in total. The van der Waals surface area contributed by atoms with Gasteiger partial charge in [0.15, 0.2) is 5.96 Å². The number of ether oxygens (including phenoxy) is 1. The fourth-order valence-electron chi connectivity index (χ4n) is 1.59. The van der Waals surface area contributed by atoms with Crippen molar-refractivity contribution < 1.29 is 9.84 Å². The van der Waals surface area contributed by atoms with Crippen LogP contribution >= 0.6 is 0 Å². The van der Waals surface area contributed by atoms with Crippen molar-refractivity contribution in [1.29, 1.82) is 0 Å². The highest BCUT2D eigenvalue weighted by atomic mass is 16.5. The van der Waals surface area contributed by atoms with Crippen molar-refractivity contribution in [2.75, 3.05) is 19.0 Å². The summed E-state index contributed by atoms with van der Waals surface area (Å²) in [7, 11) is 1.61. The second-order valence-electron chi connectivity index (χ2n) is 4.49. The summed E-state index contributed by atoms with van der Waals surface area (Å²) in [6.07, 6.45) is 1.30. The van der Waals surface area contributed by atoms with Gasteiger partial charge in [0.2, 0.25) is 0 Å². The van der Waals surface area contributed by atoms with E-state index in [4.69, 9.17) is 10.5 Å². The quantitative estimate of drug-likeness (QED) is 0.542. The van der Waals surface area contributed by atoms with Crippen LogP contribution < -0.4 is 15.8 Å². The van der Waals surface area contributed by atoms with E-state index >= 15 is 0 Å². The van der Waals surface area contributed by atoms with Crippen molar-refractivity contribution >= 4 is 11.6 Å². The zero-order valence-electron chi connectivity index (χ0n) is 11.8. The maximum absolute atomic E-state index is 10.1. The van der Waals surface area contributed by atoms with E-state index in [1.54, 1.807) is 7.11 Å². The Kier molecular flexibility index (Phi) is 5.63. The molecule has 19 heavy (non-hydrogen) atoms. The zero-order chi connectivity index (χ0) is 14.3. The molecule has 0 heterocycles. The highest BCUT2D eigenvalue weighted by Gasteiger charge is 2.21. The van der Waals surface area contributed by atoms with Crippen molar-refractivity contribution in [3.63, 3.8) is 0 Å². The number of aliphatic imine (C=N–C) groups is 1. The molecule has 0 spiro atoms. The summed E-state index contributed by atoms with van der Waals surface area (Å²) in [5, 5.41) is 13.1. The Hall–Kier alpha value is -1.75. The van der Waals surface area contributed by atoms with Gasteiger partial charge in [-0.25, -0.2) is 0 Å². The number of anilines is 1. The van der Waals surface area contributed by atoms with E-state index < -0.39 is 5.60 Å². The summed E-state index contributed by atoms with van der Waals surface area (Å²) in [6.45, 7) is 4.16.